The summed E-state index contributed by atoms with van der Waals surface area (Å²) in [5.41, 5.74) is 3.05. The Morgan fingerprint density at radius 3 is 2.65 bits per heavy atom. The van der Waals surface area contributed by atoms with E-state index in [0.717, 1.165) is 48.0 Å². The van der Waals surface area contributed by atoms with Gasteiger partial charge < -0.3 is 14.3 Å². The quantitative estimate of drug-likeness (QED) is 0.617. The first-order valence-electron chi connectivity index (χ1n) is 8.17. The topological polar surface area (TPSA) is 42.6 Å². The standard InChI is InChI=1S/C20H22O3/c1-2-4-15-6-8-18(9-7-15)22-11-3-5-16-14-20-17(10-12-23-20)13-19(16)21/h6-10,12-14,21H,2-5,11H2,1H3. The summed E-state index contributed by atoms with van der Waals surface area (Å²) in [5.74, 6) is 1.22. The van der Waals surface area contributed by atoms with Crippen molar-refractivity contribution in [1.82, 2.24) is 0 Å². The van der Waals surface area contributed by atoms with Crippen molar-refractivity contribution in [3.63, 3.8) is 0 Å². The Bertz CT molecular complexity index is 756. The van der Waals surface area contributed by atoms with Gasteiger partial charge in [-0.1, -0.05) is 25.5 Å². The van der Waals surface area contributed by atoms with Crippen molar-refractivity contribution >= 4 is 11.0 Å². The first-order chi connectivity index (χ1) is 11.3. The summed E-state index contributed by atoms with van der Waals surface area (Å²) in [6.45, 7) is 2.81. The van der Waals surface area contributed by atoms with Crippen molar-refractivity contribution in [1.29, 1.82) is 0 Å². The molecule has 0 aliphatic rings. The molecule has 0 bridgehead atoms. The molecule has 3 heteroatoms. The summed E-state index contributed by atoms with van der Waals surface area (Å²) in [6, 6.07) is 13.8. The highest BCUT2D eigenvalue weighted by Crippen LogP contribution is 2.26. The average Bonchev–Trinajstić information content (AvgIpc) is 3.00. The maximum absolute atomic E-state index is 10.0. The van der Waals surface area contributed by atoms with Crippen LogP contribution in [0.1, 0.15) is 30.9 Å². The molecule has 0 radical (unpaired) electrons. The van der Waals surface area contributed by atoms with E-state index in [0.29, 0.717) is 12.4 Å². The number of phenols is 1. The third-order valence-corrected chi connectivity index (χ3v) is 3.97. The van der Waals surface area contributed by atoms with Gasteiger partial charge >= 0.3 is 0 Å². The molecule has 0 atom stereocenters. The van der Waals surface area contributed by atoms with Crippen LogP contribution in [-0.4, -0.2) is 11.7 Å². The summed E-state index contributed by atoms with van der Waals surface area (Å²) < 4.78 is 11.1. The Balaban J connectivity index is 1.51. The van der Waals surface area contributed by atoms with Gasteiger partial charge in [0.1, 0.15) is 17.1 Å². The minimum absolute atomic E-state index is 0.322. The maximum Gasteiger partial charge on any atom is 0.134 e. The van der Waals surface area contributed by atoms with Crippen LogP contribution in [-0.2, 0) is 12.8 Å². The molecular formula is C20H22O3. The fourth-order valence-electron chi connectivity index (χ4n) is 2.73. The smallest absolute Gasteiger partial charge is 0.134 e. The van der Waals surface area contributed by atoms with Crippen molar-refractivity contribution in [3.05, 3.63) is 59.9 Å². The average molecular weight is 310 g/mol. The summed E-state index contributed by atoms with van der Waals surface area (Å²) in [7, 11) is 0. The second-order valence-electron chi connectivity index (χ2n) is 5.79. The number of hydrogen-bond donors (Lipinski definition) is 1. The molecule has 3 aromatic rings. The van der Waals surface area contributed by atoms with Crippen LogP contribution in [0.25, 0.3) is 11.0 Å². The predicted octanol–water partition coefficient (Wildman–Crippen LogP) is 5.10. The molecule has 0 fully saturated rings. The molecule has 0 aliphatic heterocycles. The highest BCUT2D eigenvalue weighted by Gasteiger charge is 2.06. The van der Waals surface area contributed by atoms with Crippen molar-refractivity contribution in [2.75, 3.05) is 6.61 Å². The van der Waals surface area contributed by atoms with Crippen LogP contribution in [0.5, 0.6) is 11.5 Å². The lowest BCUT2D eigenvalue weighted by molar-refractivity contribution is 0.310. The van der Waals surface area contributed by atoms with Crippen LogP contribution in [0.3, 0.4) is 0 Å². The lowest BCUT2D eigenvalue weighted by atomic mass is 10.1. The number of ether oxygens (including phenoxy) is 1. The van der Waals surface area contributed by atoms with Crippen LogP contribution >= 0.6 is 0 Å². The molecule has 23 heavy (non-hydrogen) atoms. The van der Waals surface area contributed by atoms with Gasteiger partial charge in [-0.05, 0) is 60.7 Å². The first-order valence-corrected chi connectivity index (χ1v) is 8.17. The van der Waals surface area contributed by atoms with E-state index < -0.39 is 0 Å². The molecule has 0 amide bonds. The molecule has 120 valence electrons. The van der Waals surface area contributed by atoms with E-state index in [9.17, 15) is 5.11 Å². The fourth-order valence-corrected chi connectivity index (χ4v) is 2.73. The number of aryl methyl sites for hydroxylation is 2. The zero-order valence-corrected chi connectivity index (χ0v) is 13.4. The molecule has 0 spiro atoms. The zero-order valence-electron chi connectivity index (χ0n) is 13.4. The molecule has 0 aliphatic carbocycles. The van der Waals surface area contributed by atoms with Gasteiger partial charge in [0, 0.05) is 5.39 Å². The summed E-state index contributed by atoms with van der Waals surface area (Å²) >= 11 is 0. The van der Waals surface area contributed by atoms with E-state index in [1.807, 2.05) is 24.3 Å². The third kappa shape index (κ3) is 3.86. The Kier molecular flexibility index (Phi) is 4.86. The zero-order chi connectivity index (χ0) is 16.1. The van der Waals surface area contributed by atoms with Crippen molar-refractivity contribution < 1.29 is 14.3 Å². The van der Waals surface area contributed by atoms with E-state index in [4.69, 9.17) is 9.15 Å². The lowest BCUT2D eigenvalue weighted by Gasteiger charge is -2.08. The summed E-state index contributed by atoms with van der Waals surface area (Å²) in [5, 5.41) is 11.0. The lowest BCUT2D eigenvalue weighted by Crippen LogP contribution is -1.99. The van der Waals surface area contributed by atoms with Crippen LogP contribution in [0.15, 0.2) is 53.1 Å². The fraction of sp³-hybridized carbons (Fsp3) is 0.300. The second-order valence-corrected chi connectivity index (χ2v) is 5.79. The number of hydrogen-bond acceptors (Lipinski definition) is 3. The number of rotatable bonds is 7. The van der Waals surface area contributed by atoms with Crippen LogP contribution in [0.2, 0.25) is 0 Å². The Labute approximate surface area is 136 Å². The van der Waals surface area contributed by atoms with E-state index in [1.165, 1.54) is 5.56 Å². The minimum atomic E-state index is 0.322. The van der Waals surface area contributed by atoms with Gasteiger partial charge in [0.25, 0.3) is 0 Å². The number of furan rings is 1. The maximum atomic E-state index is 10.0. The molecule has 3 nitrogen and oxygen atoms in total. The minimum Gasteiger partial charge on any atom is -0.508 e. The Morgan fingerprint density at radius 1 is 1.04 bits per heavy atom. The van der Waals surface area contributed by atoms with E-state index in [-0.39, 0.29) is 0 Å². The van der Waals surface area contributed by atoms with Crippen molar-refractivity contribution in [2.24, 2.45) is 0 Å². The Morgan fingerprint density at radius 2 is 1.87 bits per heavy atom. The normalized spacial score (nSPS) is 11.0. The molecular weight excluding hydrogens is 288 g/mol. The van der Waals surface area contributed by atoms with Gasteiger partial charge in [0.15, 0.2) is 0 Å². The van der Waals surface area contributed by atoms with Crippen LogP contribution < -0.4 is 4.74 Å². The van der Waals surface area contributed by atoms with Gasteiger partial charge in [0.05, 0.1) is 12.9 Å². The molecule has 3 rings (SSSR count). The highest BCUT2D eigenvalue weighted by atomic mass is 16.5. The molecule has 0 saturated carbocycles. The number of fused-ring (bicyclic) bond motifs is 1. The van der Waals surface area contributed by atoms with Crippen molar-refractivity contribution in [3.8, 4) is 11.5 Å². The SMILES string of the molecule is CCCc1ccc(OCCCc2cc3occc3cc2O)cc1. The van der Waals surface area contributed by atoms with Gasteiger partial charge in [-0.15, -0.1) is 0 Å². The van der Waals surface area contributed by atoms with E-state index in [2.05, 4.69) is 19.1 Å². The first kappa shape index (κ1) is 15.5. The molecule has 0 unspecified atom stereocenters. The molecule has 1 aromatic heterocycles. The Hall–Kier alpha value is -2.42. The van der Waals surface area contributed by atoms with Gasteiger partial charge in [0.2, 0.25) is 0 Å². The molecule has 2 aromatic carbocycles. The number of aromatic hydroxyl groups is 1. The number of benzene rings is 2. The van der Waals surface area contributed by atoms with Crippen molar-refractivity contribution in [2.45, 2.75) is 32.6 Å². The van der Waals surface area contributed by atoms with E-state index in [1.54, 1.807) is 12.3 Å². The van der Waals surface area contributed by atoms with Crippen LogP contribution in [0.4, 0.5) is 0 Å². The van der Waals surface area contributed by atoms with Gasteiger partial charge in [-0.2, -0.15) is 0 Å². The summed E-state index contributed by atoms with van der Waals surface area (Å²) in [4.78, 5) is 0. The molecule has 1 N–H and O–H groups in total. The predicted molar refractivity (Wildman–Crippen MR) is 92.1 cm³/mol. The number of phenolic OH excluding ortho intramolecular Hbond substituents is 1. The second kappa shape index (κ2) is 7.23. The molecule has 0 saturated heterocycles. The summed E-state index contributed by atoms with van der Waals surface area (Å²) in [6.07, 6.45) is 5.50. The highest BCUT2D eigenvalue weighted by molar-refractivity contribution is 5.79. The molecule has 1 heterocycles. The largest absolute Gasteiger partial charge is 0.508 e. The van der Waals surface area contributed by atoms with E-state index >= 15 is 0 Å². The van der Waals surface area contributed by atoms with Gasteiger partial charge in [-0.25, -0.2) is 0 Å². The van der Waals surface area contributed by atoms with Crippen LogP contribution in [0, 0.1) is 0 Å². The van der Waals surface area contributed by atoms with Gasteiger partial charge in [-0.3, -0.25) is 0 Å². The monoisotopic (exact) mass is 310 g/mol. The third-order valence-electron chi connectivity index (χ3n) is 3.97.